The third-order valence-corrected chi connectivity index (χ3v) is 12.0. The summed E-state index contributed by atoms with van der Waals surface area (Å²) in [4.78, 5) is 100. The summed E-state index contributed by atoms with van der Waals surface area (Å²) in [5.74, 6) is -3.70. The maximum atomic E-state index is 14.7. The molecule has 0 bridgehead atoms. The molecular formula is C40H60N6O7. The minimum Gasteiger partial charge on any atom is -0.354 e. The van der Waals surface area contributed by atoms with Crippen molar-refractivity contribution in [2.45, 2.75) is 156 Å². The molecule has 0 unspecified atom stereocenters. The Kier molecular flexibility index (Phi) is 12.5. The highest BCUT2D eigenvalue weighted by atomic mass is 16.2. The maximum absolute atomic E-state index is 14.7. The van der Waals surface area contributed by atoms with Crippen LogP contribution in [0.4, 0.5) is 0 Å². The van der Waals surface area contributed by atoms with Crippen LogP contribution in [0.2, 0.25) is 0 Å². The summed E-state index contributed by atoms with van der Waals surface area (Å²) in [5, 5.41) is 11.6. The van der Waals surface area contributed by atoms with Gasteiger partial charge >= 0.3 is 0 Å². The molecule has 53 heavy (non-hydrogen) atoms. The number of Topliss-reactive ketones (excluding diaryl/α,β-unsaturated/α-hetero) is 2. The number of amides is 5. The molecule has 5 rings (SSSR count). The number of hydrogen-bond acceptors (Lipinski definition) is 7. The number of aryl methyl sites for hydroxylation is 1. The van der Waals surface area contributed by atoms with Gasteiger partial charge in [-0.3, -0.25) is 33.6 Å². The second-order valence-corrected chi connectivity index (χ2v) is 17.1. The Hall–Kier alpha value is -4.03. The first-order valence-electron chi connectivity index (χ1n) is 19.8. The standard InChI is InChI=1S/C40H60N6O7/c1-8-13-28(33(48)38(52)42-26-18-19-26)43-37(51)32-27-17-12-16-25(27)20-46(32)39(53)34(40(5,6)7)45-35(49)30(24-14-10-9-11-15-24)44-36(50)31-29(23(4)47)21(2)22(3)41-31/h24-28,30,32,34,41H,8-20H2,1-7H3,(H,42,52)(H,43,51)(H,44,50)(H,45,49)/t25-,27-,28-,30-,32-,34+/m0/s1. The smallest absolute Gasteiger partial charge is 0.289 e. The topological polar surface area (TPSA) is 187 Å². The van der Waals surface area contributed by atoms with Crippen molar-refractivity contribution < 1.29 is 33.6 Å². The fourth-order valence-electron chi connectivity index (χ4n) is 8.78. The highest BCUT2D eigenvalue weighted by Gasteiger charge is 2.52. The molecule has 1 saturated heterocycles. The molecule has 13 nitrogen and oxygen atoms in total. The molecule has 0 radical (unpaired) electrons. The Balaban J connectivity index is 1.38. The van der Waals surface area contributed by atoms with E-state index in [0.717, 1.165) is 64.2 Å². The van der Waals surface area contributed by atoms with E-state index in [0.29, 0.717) is 36.2 Å². The van der Waals surface area contributed by atoms with Gasteiger partial charge in [-0.1, -0.05) is 59.8 Å². The van der Waals surface area contributed by atoms with Gasteiger partial charge in [0.1, 0.15) is 23.8 Å². The van der Waals surface area contributed by atoms with Crippen LogP contribution in [0.25, 0.3) is 0 Å². The van der Waals surface area contributed by atoms with E-state index in [9.17, 15) is 33.6 Å². The summed E-state index contributed by atoms with van der Waals surface area (Å²) < 4.78 is 0. The number of aromatic nitrogens is 1. The molecule has 13 heteroatoms. The van der Waals surface area contributed by atoms with Crippen molar-refractivity contribution in [1.82, 2.24) is 31.2 Å². The molecule has 1 aromatic rings. The first kappa shape index (κ1) is 40.2. The summed E-state index contributed by atoms with van der Waals surface area (Å²) in [5.41, 5.74) is 1.01. The summed E-state index contributed by atoms with van der Waals surface area (Å²) in [6.07, 6.45) is 9.36. The lowest BCUT2D eigenvalue weighted by Gasteiger charge is -2.38. The Morgan fingerprint density at radius 3 is 2.15 bits per heavy atom. The van der Waals surface area contributed by atoms with E-state index < -0.39 is 64.9 Å². The number of likely N-dealkylation sites (tertiary alicyclic amines) is 1. The lowest BCUT2D eigenvalue weighted by atomic mass is 9.82. The Labute approximate surface area is 313 Å². The predicted molar refractivity (Wildman–Crippen MR) is 199 cm³/mol. The van der Waals surface area contributed by atoms with Gasteiger partial charge in [-0.2, -0.15) is 0 Å². The molecule has 1 aliphatic heterocycles. The van der Waals surface area contributed by atoms with Crippen molar-refractivity contribution in [2.24, 2.45) is 23.2 Å². The van der Waals surface area contributed by atoms with Crippen LogP contribution in [0, 0.1) is 37.0 Å². The van der Waals surface area contributed by atoms with Crippen molar-refractivity contribution >= 4 is 41.1 Å². The van der Waals surface area contributed by atoms with Crippen molar-refractivity contribution in [3.8, 4) is 0 Å². The van der Waals surface area contributed by atoms with E-state index in [1.165, 1.54) is 6.92 Å². The molecule has 0 spiro atoms. The number of carbonyl (C=O) groups is 7. The van der Waals surface area contributed by atoms with Gasteiger partial charge in [-0.15, -0.1) is 0 Å². The number of nitrogens with zero attached hydrogens (tertiary/aromatic N) is 1. The van der Waals surface area contributed by atoms with E-state index >= 15 is 0 Å². The first-order chi connectivity index (χ1) is 25.0. The average Bonchev–Trinajstić information content (AvgIpc) is 3.53. The summed E-state index contributed by atoms with van der Waals surface area (Å²) in [6.45, 7) is 12.8. The lowest BCUT2D eigenvalue weighted by molar-refractivity contribution is -0.146. The molecule has 3 saturated carbocycles. The number of carbonyl (C=O) groups excluding carboxylic acids is 7. The normalized spacial score (nSPS) is 23.4. The highest BCUT2D eigenvalue weighted by Crippen LogP contribution is 2.43. The SMILES string of the molecule is CCC[C@H](NC(=O)[C@@H]1[C@H]2CCC[C@H]2CN1C(=O)[C@@H](NC(=O)[C@@H](NC(=O)c1[nH]c(C)c(C)c1C(C)=O)C1CCCCC1)C(C)(C)C)C(=O)C(=O)NC1CC1. The molecule has 3 aliphatic carbocycles. The van der Waals surface area contributed by atoms with Crippen LogP contribution < -0.4 is 21.3 Å². The third kappa shape index (κ3) is 9.03. The quantitative estimate of drug-likeness (QED) is 0.142. The average molecular weight is 737 g/mol. The van der Waals surface area contributed by atoms with Crippen LogP contribution in [0.1, 0.15) is 144 Å². The molecule has 292 valence electrons. The molecule has 6 atom stereocenters. The van der Waals surface area contributed by atoms with Gasteiger partial charge in [-0.05, 0) is 94.4 Å². The number of fused-ring (bicyclic) bond motifs is 1. The van der Waals surface area contributed by atoms with Crippen LogP contribution in [-0.4, -0.2) is 87.7 Å². The highest BCUT2D eigenvalue weighted by molar-refractivity contribution is 6.38. The van der Waals surface area contributed by atoms with Gasteiger partial charge in [0.15, 0.2) is 5.78 Å². The van der Waals surface area contributed by atoms with E-state index in [4.69, 9.17) is 0 Å². The van der Waals surface area contributed by atoms with Gasteiger partial charge < -0.3 is 31.2 Å². The van der Waals surface area contributed by atoms with Crippen LogP contribution in [0.5, 0.6) is 0 Å². The van der Waals surface area contributed by atoms with Crippen molar-refractivity contribution in [3.63, 3.8) is 0 Å². The van der Waals surface area contributed by atoms with Crippen molar-refractivity contribution in [1.29, 1.82) is 0 Å². The fraction of sp³-hybridized carbons (Fsp3) is 0.725. The Morgan fingerprint density at radius 2 is 1.55 bits per heavy atom. The minimum atomic E-state index is -1.03. The minimum absolute atomic E-state index is 0.00192. The van der Waals surface area contributed by atoms with E-state index in [1.54, 1.807) is 18.7 Å². The molecule has 4 aliphatic rings. The lowest BCUT2D eigenvalue weighted by Crippen LogP contribution is -2.62. The van der Waals surface area contributed by atoms with Gasteiger partial charge in [0.25, 0.3) is 11.8 Å². The largest absolute Gasteiger partial charge is 0.354 e. The van der Waals surface area contributed by atoms with Gasteiger partial charge in [0, 0.05) is 18.3 Å². The van der Waals surface area contributed by atoms with Crippen molar-refractivity contribution in [3.05, 3.63) is 22.5 Å². The number of aromatic amines is 1. The zero-order chi connectivity index (χ0) is 38.8. The first-order valence-corrected chi connectivity index (χ1v) is 19.8. The second kappa shape index (κ2) is 16.5. The van der Waals surface area contributed by atoms with E-state index in [1.807, 2.05) is 27.7 Å². The monoisotopic (exact) mass is 736 g/mol. The molecule has 5 amide bonds. The summed E-state index contributed by atoms with van der Waals surface area (Å²) in [7, 11) is 0. The number of rotatable bonds is 14. The van der Waals surface area contributed by atoms with Gasteiger partial charge in [-0.25, -0.2) is 0 Å². The number of ketones is 2. The summed E-state index contributed by atoms with van der Waals surface area (Å²) >= 11 is 0. The molecule has 5 N–H and O–H groups in total. The number of hydrogen-bond donors (Lipinski definition) is 5. The number of H-pyrrole nitrogens is 1. The maximum Gasteiger partial charge on any atom is 0.289 e. The molecule has 1 aromatic heterocycles. The van der Waals surface area contributed by atoms with E-state index in [-0.39, 0.29) is 35.3 Å². The van der Waals surface area contributed by atoms with Crippen LogP contribution >= 0.6 is 0 Å². The molecule has 0 aromatic carbocycles. The van der Waals surface area contributed by atoms with Crippen molar-refractivity contribution in [2.75, 3.05) is 6.54 Å². The molecule has 4 fully saturated rings. The zero-order valence-corrected chi connectivity index (χ0v) is 32.6. The molecular weight excluding hydrogens is 676 g/mol. The Bertz CT molecular complexity index is 1600. The van der Waals surface area contributed by atoms with E-state index in [2.05, 4.69) is 26.3 Å². The number of nitrogens with one attached hydrogen (secondary N) is 5. The van der Waals surface area contributed by atoms with Crippen LogP contribution in [-0.2, 0) is 24.0 Å². The second-order valence-electron chi connectivity index (χ2n) is 17.1. The summed E-state index contributed by atoms with van der Waals surface area (Å²) in [6, 6.07) is -3.84. The fourth-order valence-corrected chi connectivity index (χ4v) is 8.78. The van der Waals surface area contributed by atoms with Crippen LogP contribution in [0.15, 0.2) is 0 Å². The zero-order valence-electron chi connectivity index (χ0n) is 32.6. The van der Waals surface area contributed by atoms with Gasteiger partial charge in [0.2, 0.25) is 23.5 Å². The van der Waals surface area contributed by atoms with Gasteiger partial charge in [0.05, 0.1) is 11.6 Å². The Morgan fingerprint density at radius 1 is 0.868 bits per heavy atom. The predicted octanol–water partition coefficient (Wildman–Crippen LogP) is 3.80. The van der Waals surface area contributed by atoms with Crippen LogP contribution in [0.3, 0.4) is 0 Å². The molecule has 2 heterocycles. The third-order valence-electron chi connectivity index (χ3n) is 12.0.